The highest BCUT2D eigenvalue weighted by Gasteiger charge is 2.39. The highest BCUT2D eigenvalue weighted by molar-refractivity contribution is 7.85. The minimum Gasteiger partial charge on any atom is -0.254 e. The molecule has 3 heteroatoms. The molecule has 1 aromatic carbocycles. The summed E-state index contributed by atoms with van der Waals surface area (Å²) in [6.45, 7) is 8.76. The van der Waals surface area contributed by atoms with E-state index in [2.05, 4.69) is 26.8 Å². The van der Waals surface area contributed by atoms with Crippen LogP contribution in [0.5, 0.6) is 0 Å². The SMILES string of the molecule is Cc1cccc(S(=O)C2CC(C(C)(C)C)CCC2C#N)c1. The van der Waals surface area contributed by atoms with Crippen molar-refractivity contribution in [3.05, 3.63) is 29.8 Å². The van der Waals surface area contributed by atoms with E-state index in [0.29, 0.717) is 5.92 Å². The first kappa shape index (κ1) is 16.2. The molecule has 0 radical (unpaired) electrons. The zero-order chi connectivity index (χ0) is 15.6. The van der Waals surface area contributed by atoms with Crippen molar-refractivity contribution in [3.63, 3.8) is 0 Å². The van der Waals surface area contributed by atoms with Gasteiger partial charge in [-0.15, -0.1) is 0 Å². The van der Waals surface area contributed by atoms with Crippen molar-refractivity contribution >= 4 is 10.8 Å². The molecule has 1 aliphatic rings. The molecule has 2 rings (SSSR count). The van der Waals surface area contributed by atoms with E-state index in [4.69, 9.17) is 0 Å². The first-order valence-electron chi connectivity index (χ1n) is 7.70. The monoisotopic (exact) mass is 303 g/mol. The van der Waals surface area contributed by atoms with Gasteiger partial charge in [0.1, 0.15) is 0 Å². The Hall–Kier alpha value is -1.14. The van der Waals surface area contributed by atoms with Gasteiger partial charge in [-0.25, -0.2) is 0 Å². The van der Waals surface area contributed by atoms with Crippen LogP contribution >= 0.6 is 0 Å². The van der Waals surface area contributed by atoms with E-state index in [1.807, 2.05) is 31.2 Å². The van der Waals surface area contributed by atoms with E-state index in [-0.39, 0.29) is 16.6 Å². The summed E-state index contributed by atoms with van der Waals surface area (Å²) in [4.78, 5) is 0.870. The fraction of sp³-hybridized carbons (Fsp3) is 0.611. The lowest BCUT2D eigenvalue weighted by molar-refractivity contribution is 0.167. The molecule has 114 valence electrons. The standard InChI is InChI=1S/C18H25NOS/c1-13-6-5-7-16(10-13)21(20)17-11-15(18(2,3)4)9-8-14(17)12-19/h5-7,10,14-15,17H,8-9,11H2,1-4H3. The molecular weight excluding hydrogens is 278 g/mol. The second-order valence-corrected chi connectivity index (χ2v) is 8.94. The van der Waals surface area contributed by atoms with Crippen LogP contribution in [0.3, 0.4) is 0 Å². The highest BCUT2D eigenvalue weighted by Crippen LogP contribution is 2.42. The molecule has 1 aliphatic carbocycles. The van der Waals surface area contributed by atoms with E-state index < -0.39 is 10.8 Å². The number of nitriles is 1. The topological polar surface area (TPSA) is 40.9 Å². The molecule has 2 nitrogen and oxygen atoms in total. The second-order valence-electron chi connectivity index (χ2n) is 7.26. The Bertz CT molecular complexity index is 567. The molecule has 0 amide bonds. The Kier molecular flexibility index (Phi) is 4.88. The maximum absolute atomic E-state index is 13.0. The normalized spacial score (nSPS) is 27.9. The number of nitrogens with zero attached hydrogens (tertiary/aromatic N) is 1. The summed E-state index contributed by atoms with van der Waals surface area (Å²) >= 11 is 0. The highest BCUT2D eigenvalue weighted by atomic mass is 32.2. The maximum atomic E-state index is 13.0. The van der Waals surface area contributed by atoms with E-state index in [0.717, 1.165) is 29.7 Å². The fourth-order valence-corrected chi connectivity index (χ4v) is 4.98. The van der Waals surface area contributed by atoms with Crippen molar-refractivity contribution in [1.82, 2.24) is 0 Å². The van der Waals surface area contributed by atoms with Gasteiger partial charge in [0.2, 0.25) is 0 Å². The predicted octanol–water partition coefficient (Wildman–Crippen LogP) is 4.46. The molecule has 0 bridgehead atoms. The van der Waals surface area contributed by atoms with Crippen molar-refractivity contribution in [3.8, 4) is 6.07 Å². The van der Waals surface area contributed by atoms with Crippen molar-refractivity contribution < 1.29 is 4.21 Å². The Labute approximate surface area is 131 Å². The van der Waals surface area contributed by atoms with Crippen LogP contribution in [0, 0.1) is 35.5 Å². The Morgan fingerprint density at radius 3 is 2.57 bits per heavy atom. The number of benzene rings is 1. The van der Waals surface area contributed by atoms with E-state index >= 15 is 0 Å². The van der Waals surface area contributed by atoms with Crippen LogP contribution in [0.15, 0.2) is 29.2 Å². The zero-order valence-corrected chi connectivity index (χ0v) is 14.2. The largest absolute Gasteiger partial charge is 0.254 e. The van der Waals surface area contributed by atoms with Gasteiger partial charge >= 0.3 is 0 Å². The van der Waals surface area contributed by atoms with Gasteiger partial charge in [-0.3, -0.25) is 4.21 Å². The van der Waals surface area contributed by atoms with Gasteiger partial charge in [-0.2, -0.15) is 5.26 Å². The lowest BCUT2D eigenvalue weighted by Crippen LogP contribution is -2.37. The van der Waals surface area contributed by atoms with Crippen molar-refractivity contribution in [2.24, 2.45) is 17.3 Å². The van der Waals surface area contributed by atoms with Crippen LogP contribution in [0.25, 0.3) is 0 Å². The van der Waals surface area contributed by atoms with Gasteiger partial charge in [0.15, 0.2) is 0 Å². The van der Waals surface area contributed by atoms with Crippen LogP contribution in [0.1, 0.15) is 45.6 Å². The molecule has 0 spiro atoms. The minimum absolute atomic E-state index is 0.0326. The summed E-state index contributed by atoms with van der Waals surface area (Å²) in [6.07, 6.45) is 2.84. The smallest absolute Gasteiger partial charge is 0.0668 e. The fourth-order valence-electron chi connectivity index (χ4n) is 3.22. The summed E-state index contributed by atoms with van der Waals surface area (Å²) in [5, 5.41) is 9.38. The molecule has 1 saturated carbocycles. The summed E-state index contributed by atoms with van der Waals surface area (Å²) in [6, 6.07) is 10.3. The average Bonchev–Trinajstić information content (AvgIpc) is 2.44. The second kappa shape index (κ2) is 6.32. The number of aryl methyl sites for hydroxylation is 1. The average molecular weight is 303 g/mol. The molecule has 1 aromatic rings. The molecule has 0 aromatic heterocycles. The third-order valence-electron chi connectivity index (χ3n) is 4.68. The molecule has 0 saturated heterocycles. The Morgan fingerprint density at radius 2 is 2.00 bits per heavy atom. The van der Waals surface area contributed by atoms with Gasteiger partial charge in [-0.05, 0) is 55.2 Å². The van der Waals surface area contributed by atoms with Crippen LogP contribution in [-0.4, -0.2) is 9.46 Å². The quantitative estimate of drug-likeness (QED) is 0.809. The first-order valence-corrected chi connectivity index (χ1v) is 8.91. The maximum Gasteiger partial charge on any atom is 0.0668 e. The predicted molar refractivity (Wildman–Crippen MR) is 87.3 cm³/mol. The molecule has 21 heavy (non-hydrogen) atoms. The summed E-state index contributed by atoms with van der Waals surface area (Å²) in [5.41, 5.74) is 1.34. The van der Waals surface area contributed by atoms with Crippen LogP contribution < -0.4 is 0 Å². The van der Waals surface area contributed by atoms with E-state index in [9.17, 15) is 9.47 Å². The zero-order valence-electron chi connectivity index (χ0n) is 13.4. The molecular formula is C18H25NOS. The molecule has 4 unspecified atom stereocenters. The van der Waals surface area contributed by atoms with Crippen LogP contribution in [-0.2, 0) is 10.8 Å². The van der Waals surface area contributed by atoms with Gasteiger partial charge in [0.05, 0.1) is 28.0 Å². The third-order valence-corrected chi connectivity index (χ3v) is 6.47. The Morgan fingerprint density at radius 1 is 1.29 bits per heavy atom. The van der Waals surface area contributed by atoms with Crippen LogP contribution in [0.2, 0.25) is 0 Å². The Balaban J connectivity index is 2.25. The summed E-state index contributed by atoms with van der Waals surface area (Å²) in [5.74, 6) is 0.464. The lowest BCUT2D eigenvalue weighted by Gasteiger charge is -2.39. The van der Waals surface area contributed by atoms with Crippen molar-refractivity contribution in [2.45, 2.75) is 57.1 Å². The summed E-state index contributed by atoms with van der Waals surface area (Å²) < 4.78 is 13.0. The first-order chi connectivity index (χ1) is 9.82. The number of hydrogen-bond acceptors (Lipinski definition) is 2. The number of rotatable bonds is 2. The molecule has 0 heterocycles. The minimum atomic E-state index is -1.09. The number of hydrogen-bond donors (Lipinski definition) is 0. The molecule has 0 N–H and O–H groups in total. The summed E-state index contributed by atoms with van der Waals surface area (Å²) in [7, 11) is -1.09. The van der Waals surface area contributed by atoms with Crippen molar-refractivity contribution in [2.75, 3.05) is 0 Å². The third kappa shape index (κ3) is 3.74. The van der Waals surface area contributed by atoms with E-state index in [1.165, 1.54) is 0 Å². The molecule has 0 aliphatic heterocycles. The van der Waals surface area contributed by atoms with E-state index in [1.54, 1.807) is 0 Å². The molecule has 1 fully saturated rings. The lowest BCUT2D eigenvalue weighted by atomic mass is 9.70. The van der Waals surface area contributed by atoms with Gasteiger partial charge in [0.25, 0.3) is 0 Å². The van der Waals surface area contributed by atoms with Gasteiger partial charge < -0.3 is 0 Å². The van der Waals surface area contributed by atoms with Gasteiger partial charge in [0, 0.05) is 4.90 Å². The van der Waals surface area contributed by atoms with Crippen molar-refractivity contribution in [1.29, 1.82) is 5.26 Å². The molecule has 4 atom stereocenters. The van der Waals surface area contributed by atoms with Gasteiger partial charge in [-0.1, -0.05) is 32.9 Å². The van der Waals surface area contributed by atoms with Crippen LogP contribution in [0.4, 0.5) is 0 Å².